The standard InChI is InChI=1S/C12H20N2OS/c1-4-15-11-7-5-6-10(12(11)13)14-8-9(2)16-3/h5-7,9,14H,4,8,13H2,1-3H3. The largest absolute Gasteiger partial charge is 0.492 e. The number of nitrogens with one attached hydrogen (secondary N) is 1. The van der Waals surface area contributed by atoms with E-state index in [1.165, 1.54) is 0 Å². The average Bonchev–Trinajstić information content (AvgIpc) is 2.30. The van der Waals surface area contributed by atoms with Crippen LogP contribution in [0.15, 0.2) is 18.2 Å². The molecule has 0 fully saturated rings. The summed E-state index contributed by atoms with van der Waals surface area (Å²) in [5.41, 5.74) is 7.65. The number of hydrogen-bond acceptors (Lipinski definition) is 4. The fraction of sp³-hybridized carbons (Fsp3) is 0.500. The number of hydrogen-bond donors (Lipinski definition) is 2. The van der Waals surface area contributed by atoms with Gasteiger partial charge in [0.2, 0.25) is 0 Å². The van der Waals surface area contributed by atoms with E-state index >= 15 is 0 Å². The predicted octanol–water partition coefficient (Wildman–Crippen LogP) is 2.83. The molecule has 0 aliphatic heterocycles. The Morgan fingerprint density at radius 3 is 2.88 bits per heavy atom. The van der Waals surface area contributed by atoms with Crippen LogP contribution in [0.4, 0.5) is 11.4 Å². The van der Waals surface area contributed by atoms with Crippen LogP contribution >= 0.6 is 11.8 Å². The molecule has 0 aromatic heterocycles. The lowest BCUT2D eigenvalue weighted by atomic mass is 10.2. The minimum absolute atomic E-state index is 0.565. The molecule has 3 nitrogen and oxygen atoms in total. The first-order valence-electron chi connectivity index (χ1n) is 5.47. The summed E-state index contributed by atoms with van der Waals surface area (Å²) >= 11 is 1.83. The molecule has 1 aromatic carbocycles. The number of ether oxygens (including phenoxy) is 1. The highest BCUT2D eigenvalue weighted by Gasteiger charge is 2.06. The lowest BCUT2D eigenvalue weighted by molar-refractivity contribution is 0.342. The van der Waals surface area contributed by atoms with E-state index in [1.807, 2.05) is 36.9 Å². The highest BCUT2D eigenvalue weighted by molar-refractivity contribution is 7.99. The zero-order chi connectivity index (χ0) is 12.0. The third-order valence-electron chi connectivity index (χ3n) is 2.35. The normalized spacial score (nSPS) is 12.2. The van der Waals surface area contributed by atoms with Crippen LogP contribution < -0.4 is 15.8 Å². The second-order valence-corrected chi connectivity index (χ2v) is 4.85. The molecule has 1 unspecified atom stereocenters. The van der Waals surface area contributed by atoms with Gasteiger partial charge in [0.15, 0.2) is 0 Å². The molecule has 0 spiro atoms. The summed E-state index contributed by atoms with van der Waals surface area (Å²) in [6.45, 7) is 5.67. The van der Waals surface area contributed by atoms with Crippen molar-refractivity contribution in [3.05, 3.63) is 18.2 Å². The van der Waals surface area contributed by atoms with Gasteiger partial charge in [0, 0.05) is 11.8 Å². The van der Waals surface area contributed by atoms with Gasteiger partial charge in [-0.15, -0.1) is 0 Å². The molecule has 0 aliphatic carbocycles. The molecule has 0 heterocycles. The molecular weight excluding hydrogens is 220 g/mol. The molecule has 4 heteroatoms. The zero-order valence-corrected chi connectivity index (χ0v) is 10.9. The monoisotopic (exact) mass is 240 g/mol. The molecule has 0 radical (unpaired) electrons. The molecular formula is C12H20N2OS. The van der Waals surface area contributed by atoms with Crippen LogP contribution in [0.25, 0.3) is 0 Å². The molecule has 0 aliphatic rings. The highest BCUT2D eigenvalue weighted by atomic mass is 32.2. The molecule has 0 saturated heterocycles. The maximum atomic E-state index is 6.00. The van der Waals surface area contributed by atoms with Crippen LogP contribution in [0.1, 0.15) is 13.8 Å². The van der Waals surface area contributed by atoms with E-state index in [-0.39, 0.29) is 0 Å². The molecule has 0 saturated carbocycles. The van der Waals surface area contributed by atoms with Crippen molar-refractivity contribution in [3.63, 3.8) is 0 Å². The Balaban J connectivity index is 2.69. The van der Waals surface area contributed by atoms with Crippen LogP contribution in [0.5, 0.6) is 5.75 Å². The molecule has 1 atom stereocenters. The van der Waals surface area contributed by atoms with E-state index in [0.29, 0.717) is 17.5 Å². The average molecular weight is 240 g/mol. The van der Waals surface area contributed by atoms with Crippen molar-refractivity contribution in [2.75, 3.05) is 30.5 Å². The van der Waals surface area contributed by atoms with Crippen LogP contribution in [-0.2, 0) is 0 Å². The SMILES string of the molecule is CCOc1cccc(NCC(C)SC)c1N. The Labute approximate surface area is 102 Å². The highest BCUT2D eigenvalue weighted by Crippen LogP contribution is 2.29. The van der Waals surface area contributed by atoms with E-state index in [4.69, 9.17) is 10.5 Å². The Hall–Kier alpha value is -1.03. The lowest BCUT2D eigenvalue weighted by Crippen LogP contribution is -2.14. The second-order valence-electron chi connectivity index (χ2n) is 3.58. The first-order chi connectivity index (χ1) is 7.69. The van der Waals surface area contributed by atoms with Crippen molar-refractivity contribution < 1.29 is 4.74 Å². The van der Waals surface area contributed by atoms with Crippen LogP contribution in [0.3, 0.4) is 0 Å². The summed E-state index contributed by atoms with van der Waals surface area (Å²) in [6.07, 6.45) is 2.10. The fourth-order valence-electron chi connectivity index (χ4n) is 1.32. The number of rotatable bonds is 6. The fourth-order valence-corrected chi connectivity index (χ4v) is 1.57. The number of benzene rings is 1. The Morgan fingerprint density at radius 1 is 1.50 bits per heavy atom. The van der Waals surface area contributed by atoms with Gasteiger partial charge in [-0.1, -0.05) is 13.0 Å². The van der Waals surface area contributed by atoms with E-state index in [2.05, 4.69) is 18.5 Å². The van der Waals surface area contributed by atoms with E-state index in [1.54, 1.807) is 0 Å². The number of anilines is 2. The van der Waals surface area contributed by atoms with Crippen LogP contribution in [0.2, 0.25) is 0 Å². The summed E-state index contributed by atoms with van der Waals surface area (Å²) in [5.74, 6) is 0.754. The lowest BCUT2D eigenvalue weighted by Gasteiger charge is -2.15. The maximum Gasteiger partial charge on any atom is 0.144 e. The van der Waals surface area contributed by atoms with Gasteiger partial charge >= 0.3 is 0 Å². The third kappa shape index (κ3) is 3.52. The predicted molar refractivity (Wildman–Crippen MR) is 73.5 cm³/mol. The number of nitrogen functional groups attached to an aromatic ring is 1. The van der Waals surface area contributed by atoms with Crippen LogP contribution in [-0.4, -0.2) is 24.7 Å². The van der Waals surface area contributed by atoms with Gasteiger partial charge in [-0.25, -0.2) is 0 Å². The van der Waals surface area contributed by atoms with Crippen molar-refractivity contribution in [1.82, 2.24) is 0 Å². The van der Waals surface area contributed by atoms with Gasteiger partial charge in [-0.05, 0) is 25.3 Å². The smallest absolute Gasteiger partial charge is 0.144 e. The Bertz CT molecular complexity index is 331. The van der Waals surface area contributed by atoms with Crippen molar-refractivity contribution in [1.29, 1.82) is 0 Å². The number of thioether (sulfide) groups is 1. The van der Waals surface area contributed by atoms with Crippen LogP contribution in [0, 0.1) is 0 Å². The van der Waals surface area contributed by atoms with Crippen molar-refractivity contribution in [3.8, 4) is 5.75 Å². The summed E-state index contributed by atoms with van der Waals surface area (Å²) in [5, 5.41) is 3.90. The summed E-state index contributed by atoms with van der Waals surface area (Å²) in [6, 6.07) is 5.82. The maximum absolute atomic E-state index is 6.00. The second kappa shape index (κ2) is 6.53. The quantitative estimate of drug-likeness (QED) is 0.751. The molecule has 16 heavy (non-hydrogen) atoms. The molecule has 0 bridgehead atoms. The van der Waals surface area contributed by atoms with Gasteiger partial charge < -0.3 is 15.8 Å². The first kappa shape index (κ1) is 13.0. The molecule has 1 aromatic rings. The van der Waals surface area contributed by atoms with E-state index < -0.39 is 0 Å². The minimum Gasteiger partial charge on any atom is -0.492 e. The molecule has 0 amide bonds. The van der Waals surface area contributed by atoms with Gasteiger partial charge in [0.25, 0.3) is 0 Å². The molecule has 90 valence electrons. The molecule has 1 rings (SSSR count). The Morgan fingerprint density at radius 2 is 2.25 bits per heavy atom. The molecule has 3 N–H and O–H groups in total. The number of nitrogens with two attached hydrogens (primary N) is 1. The summed E-state index contributed by atoms with van der Waals surface area (Å²) in [7, 11) is 0. The Kier molecular flexibility index (Phi) is 5.32. The zero-order valence-electron chi connectivity index (χ0n) is 10.1. The van der Waals surface area contributed by atoms with Gasteiger partial charge in [-0.3, -0.25) is 0 Å². The van der Waals surface area contributed by atoms with Gasteiger partial charge in [-0.2, -0.15) is 11.8 Å². The van der Waals surface area contributed by atoms with Gasteiger partial charge in [0.05, 0.1) is 18.0 Å². The van der Waals surface area contributed by atoms with E-state index in [9.17, 15) is 0 Å². The van der Waals surface area contributed by atoms with Crippen molar-refractivity contribution in [2.24, 2.45) is 0 Å². The third-order valence-corrected chi connectivity index (χ3v) is 3.32. The van der Waals surface area contributed by atoms with E-state index in [0.717, 1.165) is 18.0 Å². The van der Waals surface area contributed by atoms with Crippen molar-refractivity contribution >= 4 is 23.1 Å². The minimum atomic E-state index is 0.565. The van der Waals surface area contributed by atoms with Crippen molar-refractivity contribution in [2.45, 2.75) is 19.1 Å². The first-order valence-corrected chi connectivity index (χ1v) is 6.75. The topological polar surface area (TPSA) is 47.3 Å². The number of para-hydroxylation sites is 1. The summed E-state index contributed by atoms with van der Waals surface area (Å²) < 4.78 is 5.44. The summed E-state index contributed by atoms with van der Waals surface area (Å²) in [4.78, 5) is 0. The van der Waals surface area contributed by atoms with Gasteiger partial charge in [0.1, 0.15) is 5.75 Å².